The summed E-state index contributed by atoms with van der Waals surface area (Å²) in [6.07, 6.45) is -0.0919. The number of rotatable bonds is 2. The molecule has 2 radical (unpaired) electrons. The first-order valence-electron chi connectivity index (χ1n) is 4.83. The van der Waals surface area contributed by atoms with Crippen LogP contribution in [0.25, 0.3) is 0 Å². The summed E-state index contributed by atoms with van der Waals surface area (Å²) < 4.78 is 0. The summed E-state index contributed by atoms with van der Waals surface area (Å²) >= 11 is 0. The number of amides is 4. The molecule has 0 bridgehead atoms. The van der Waals surface area contributed by atoms with E-state index in [1.54, 1.807) is 0 Å². The third-order valence-electron chi connectivity index (χ3n) is 2.30. The lowest BCUT2D eigenvalue weighted by molar-refractivity contribution is -0.153. The minimum Gasteiger partial charge on any atom is -0.295 e. The summed E-state index contributed by atoms with van der Waals surface area (Å²) in [5.74, 6) is -2.20. The van der Waals surface area contributed by atoms with Crippen LogP contribution in [0, 0.1) is 0 Å². The lowest BCUT2D eigenvalue weighted by Crippen LogP contribution is -2.55. The van der Waals surface area contributed by atoms with Crippen molar-refractivity contribution in [3.63, 3.8) is 0 Å². The first-order valence-corrected chi connectivity index (χ1v) is 4.83. The Hall–Kier alpha value is -1.66. The molecule has 0 aliphatic carbocycles. The Bertz CT molecular complexity index is 355. The molecule has 0 saturated carbocycles. The molecule has 0 aromatic rings. The van der Waals surface area contributed by atoms with Crippen molar-refractivity contribution in [2.45, 2.75) is 32.1 Å². The van der Waals surface area contributed by atoms with Gasteiger partial charge in [-0.15, -0.1) is 0 Å². The van der Waals surface area contributed by atoms with E-state index in [-0.39, 0.29) is 19.2 Å². The average Bonchev–Trinajstić information content (AvgIpc) is 2.21. The van der Waals surface area contributed by atoms with Crippen molar-refractivity contribution in [3.8, 4) is 0 Å². The maximum atomic E-state index is 11.5. The Kier molecular flexibility index (Phi) is 3.81. The molecule has 1 saturated heterocycles. The Morgan fingerprint density at radius 1 is 1.50 bits per heavy atom. The molecule has 1 aliphatic heterocycles. The fourth-order valence-electron chi connectivity index (χ4n) is 1.60. The zero-order valence-corrected chi connectivity index (χ0v) is 8.86. The predicted molar refractivity (Wildman–Crippen MR) is 54.3 cm³/mol. The smallest absolute Gasteiger partial charge is 0.249 e. The number of hydrogen-bond acceptors (Lipinski definition) is 4. The average molecular weight is 222 g/mol. The highest BCUT2D eigenvalue weighted by molar-refractivity contribution is 6.22. The van der Waals surface area contributed by atoms with E-state index in [1.807, 2.05) is 0 Å². The van der Waals surface area contributed by atoms with Gasteiger partial charge in [-0.25, -0.2) is 0 Å². The van der Waals surface area contributed by atoms with E-state index in [2.05, 4.69) is 5.32 Å². The highest BCUT2D eigenvalue weighted by Gasteiger charge is 2.35. The molecular weight excluding hydrogens is 211 g/mol. The first kappa shape index (κ1) is 12.4. The molecule has 1 atom stereocenters. The van der Waals surface area contributed by atoms with Crippen molar-refractivity contribution in [2.75, 3.05) is 0 Å². The molecule has 0 aromatic carbocycles. The first-order chi connectivity index (χ1) is 7.47. The molecule has 7 heteroatoms. The van der Waals surface area contributed by atoms with Gasteiger partial charge in [-0.3, -0.25) is 29.4 Å². The number of carbonyl (C=O) groups excluding carboxylic acids is 4. The molecule has 1 aliphatic rings. The summed E-state index contributed by atoms with van der Waals surface area (Å²) in [6.45, 7) is 1.18. The number of nitrogens with zero attached hydrogens (tertiary/aromatic N) is 1. The molecule has 1 N–H and O–H groups in total. The molecule has 0 spiro atoms. The summed E-state index contributed by atoms with van der Waals surface area (Å²) in [4.78, 5) is 45.8. The normalized spacial score (nSPS) is 20.2. The molecule has 0 aromatic heterocycles. The van der Waals surface area contributed by atoms with E-state index in [0.29, 0.717) is 0 Å². The molecule has 84 valence electrons. The van der Waals surface area contributed by atoms with Gasteiger partial charge >= 0.3 is 0 Å². The highest BCUT2D eigenvalue weighted by Crippen LogP contribution is 2.13. The van der Waals surface area contributed by atoms with Crippen LogP contribution in [-0.2, 0) is 19.2 Å². The van der Waals surface area contributed by atoms with Crippen molar-refractivity contribution < 1.29 is 19.2 Å². The Morgan fingerprint density at radius 2 is 2.12 bits per heavy atom. The van der Waals surface area contributed by atoms with Gasteiger partial charge < -0.3 is 0 Å². The van der Waals surface area contributed by atoms with Crippen LogP contribution in [0.4, 0.5) is 0 Å². The van der Waals surface area contributed by atoms with Crippen LogP contribution in [0.2, 0.25) is 6.32 Å². The molecule has 6 nitrogen and oxygen atoms in total. The van der Waals surface area contributed by atoms with Crippen LogP contribution in [0.3, 0.4) is 0 Å². The van der Waals surface area contributed by atoms with Gasteiger partial charge in [0.2, 0.25) is 23.6 Å². The predicted octanol–water partition coefficient (Wildman–Crippen LogP) is -1.25. The quantitative estimate of drug-likeness (QED) is 0.467. The van der Waals surface area contributed by atoms with E-state index in [1.165, 1.54) is 6.92 Å². The fourth-order valence-corrected chi connectivity index (χ4v) is 1.60. The Balaban J connectivity index is 2.87. The van der Waals surface area contributed by atoms with Gasteiger partial charge in [-0.2, -0.15) is 0 Å². The van der Waals surface area contributed by atoms with Gasteiger partial charge in [-0.05, 0) is 12.7 Å². The van der Waals surface area contributed by atoms with Crippen LogP contribution in [0.5, 0.6) is 0 Å². The SMILES string of the molecule is [B]CC(=O)N(C(C)=O)C1CCC(=O)NC1=O. The monoisotopic (exact) mass is 222 g/mol. The topological polar surface area (TPSA) is 83.6 Å². The Labute approximate surface area is 93.8 Å². The van der Waals surface area contributed by atoms with Crippen molar-refractivity contribution in [2.24, 2.45) is 0 Å². The summed E-state index contributed by atoms with van der Waals surface area (Å²) in [5.41, 5.74) is 0. The maximum Gasteiger partial charge on any atom is 0.249 e. The lowest BCUT2D eigenvalue weighted by Gasteiger charge is -2.30. The summed E-state index contributed by atoms with van der Waals surface area (Å²) in [7, 11) is 5.15. The Morgan fingerprint density at radius 3 is 2.56 bits per heavy atom. The standard InChI is InChI=1S/C9H11BN2O4/c1-5(13)12(8(15)4-10)6-2-3-7(14)11-9(6)16/h6H,2-4H2,1H3,(H,11,14,16). The third-order valence-corrected chi connectivity index (χ3v) is 2.30. The van der Waals surface area contributed by atoms with Crippen LogP contribution in [0.15, 0.2) is 0 Å². The van der Waals surface area contributed by atoms with Crippen molar-refractivity contribution in [1.29, 1.82) is 0 Å². The van der Waals surface area contributed by atoms with Gasteiger partial charge in [0.05, 0.1) is 7.85 Å². The summed E-state index contributed by atoms with van der Waals surface area (Å²) in [5, 5.41) is 2.08. The van der Waals surface area contributed by atoms with E-state index in [4.69, 9.17) is 7.85 Å². The second-order valence-electron chi connectivity index (χ2n) is 3.45. The second-order valence-corrected chi connectivity index (χ2v) is 3.45. The zero-order chi connectivity index (χ0) is 12.3. The molecule has 1 rings (SSSR count). The summed E-state index contributed by atoms with van der Waals surface area (Å²) in [6, 6.07) is -0.925. The molecule has 4 amide bonds. The highest BCUT2D eigenvalue weighted by atomic mass is 16.2. The molecule has 1 fully saturated rings. The minimum atomic E-state index is -0.925. The van der Waals surface area contributed by atoms with Crippen LogP contribution in [0.1, 0.15) is 19.8 Å². The number of nitrogens with one attached hydrogen (secondary N) is 1. The minimum absolute atomic E-state index is 0.109. The molecule has 1 unspecified atom stereocenters. The number of hydrogen-bond donors (Lipinski definition) is 1. The largest absolute Gasteiger partial charge is 0.295 e. The maximum absolute atomic E-state index is 11.5. The van der Waals surface area contributed by atoms with Gasteiger partial charge in [0.1, 0.15) is 6.04 Å². The van der Waals surface area contributed by atoms with Gasteiger partial charge in [-0.1, -0.05) is 0 Å². The van der Waals surface area contributed by atoms with Crippen LogP contribution >= 0.6 is 0 Å². The van der Waals surface area contributed by atoms with Crippen molar-refractivity contribution in [1.82, 2.24) is 10.2 Å². The second kappa shape index (κ2) is 4.91. The van der Waals surface area contributed by atoms with Gasteiger partial charge in [0.15, 0.2) is 0 Å². The molecular formula is C9H11BN2O4. The van der Waals surface area contributed by atoms with Crippen LogP contribution in [-0.4, -0.2) is 42.4 Å². The number of piperidine rings is 1. The van der Waals surface area contributed by atoms with E-state index < -0.39 is 29.7 Å². The number of imide groups is 2. The van der Waals surface area contributed by atoms with Crippen LogP contribution < -0.4 is 5.32 Å². The van der Waals surface area contributed by atoms with Gasteiger partial charge in [0.25, 0.3) is 0 Å². The van der Waals surface area contributed by atoms with E-state index >= 15 is 0 Å². The van der Waals surface area contributed by atoms with Crippen molar-refractivity contribution in [3.05, 3.63) is 0 Å². The van der Waals surface area contributed by atoms with E-state index in [9.17, 15) is 19.2 Å². The molecule has 16 heavy (non-hydrogen) atoms. The molecule has 1 heterocycles. The van der Waals surface area contributed by atoms with Gasteiger partial charge in [0, 0.05) is 13.3 Å². The third kappa shape index (κ3) is 2.47. The zero-order valence-electron chi connectivity index (χ0n) is 8.86. The lowest BCUT2D eigenvalue weighted by atomic mass is 9.99. The van der Waals surface area contributed by atoms with Crippen molar-refractivity contribution >= 4 is 31.5 Å². The number of carbonyl (C=O) groups is 4. The fraction of sp³-hybridized carbons (Fsp3) is 0.556. The van der Waals surface area contributed by atoms with E-state index in [0.717, 1.165) is 4.90 Å².